The van der Waals surface area contributed by atoms with E-state index in [9.17, 15) is 22.8 Å². The van der Waals surface area contributed by atoms with Crippen LogP contribution in [0.2, 0.25) is 0 Å². The fourth-order valence-electron chi connectivity index (χ4n) is 1.79. The summed E-state index contributed by atoms with van der Waals surface area (Å²) in [6.45, 7) is 1.58. The third kappa shape index (κ3) is 5.85. The first-order valence-corrected chi connectivity index (χ1v) is 6.36. The maximum Gasteiger partial charge on any atom is 0.416 e. The van der Waals surface area contributed by atoms with Gasteiger partial charge < -0.3 is 10.4 Å². The largest absolute Gasteiger partial charge is 0.481 e. The molecular formula is C14H16F3NO3. The molecule has 0 heterocycles. The van der Waals surface area contributed by atoms with Crippen LogP contribution in [0.1, 0.15) is 24.5 Å². The van der Waals surface area contributed by atoms with Gasteiger partial charge in [-0.05, 0) is 18.1 Å². The first-order chi connectivity index (χ1) is 9.70. The third-order valence-electron chi connectivity index (χ3n) is 2.88. The van der Waals surface area contributed by atoms with E-state index in [0.29, 0.717) is 5.56 Å². The Labute approximate surface area is 120 Å². The number of nitrogens with one attached hydrogen (secondary N) is 1. The Kier molecular flexibility index (Phi) is 5.75. The van der Waals surface area contributed by atoms with Gasteiger partial charge in [0.15, 0.2) is 0 Å². The molecule has 4 nitrogen and oxygen atoms in total. The van der Waals surface area contributed by atoms with Gasteiger partial charge in [0.25, 0.3) is 0 Å². The van der Waals surface area contributed by atoms with Crippen molar-refractivity contribution in [2.24, 2.45) is 5.92 Å². The number of benzene rings is 1. The van der Waals surface area contributed by atoms with Gasteiger partial charge >= 0.3 is 12.1 Å². The second-order valence-corrected chi connectivity index (χ2v) is 4.74. The van der Waals surface area contributed by atoms with Crippen molar-refractivity contribution in [3.63, 3.8) is 0 Å². The Morgan fingerprint density at radius 1 is 1.33 bits per heavy atom. The van der Waals surface area contributed by atoms with E-state index >= 15 is 0 Å². The number of halogens is 3. The van der Waals surface area contributed by atoms with Gasteiger partial charge in [0.05, 0.1) is 12.0 Å². The van der Waals surface area contributed by atoms with Crippen LogP contribution in [-0.4, -0.2) is 23.5 Å². The SMILES string of the molecule is CC(Cc1cccc(C(F)(F)F)c1)C(=O)NCCC(=O)O. The lowest BCUT2D eigenvalue weighted by molar-refractivity contribution is -0.138. The average Bonchev–Trinajstić information content (AvgIpc) is 2.37. The lowest BCUT2D eigenvalue weighted by Crippen LogP contribution is -2.32. The summed E-state index contributed by atoms with van der Waals surface area (Å²) in [5.41, 5.74) is -0.343. The molecule has 0 aliphatic rings. The highest BCUT2D eigenvalue weighted by atomic mass is 19.4. The van der Waals surface area contributed by atoms with Crippen LogP contribution in [0.4, 0.5) is 13.2 Å². The van der Waals surface area contributed by atoms with E-state index in [4.69, 9.17) is 5.11 Å². The Balaban J connectivity index is 2.60. The van der Waals surface area contributed by atoms with E-state index in [0.717, 1.165) is 12.1 Å². The van der Waals surface area contributed by atoms with Crippen LogP contribution in [0, 0.1) is 5.92 Å². The molecule has 1 unspecified atom stereocenters. The quantitative estimate of drug-likeness (QED) is 0.848. The van der Waals surface area contributed by atoms with Crippen molar-refractivity contribution >= 4 is 11.9 Å². The molecule has 0 spiro atoms. The minimum absolute atomic E-state index is 0.00109. The molecule has 1 aromatic rings. The maximum absolute atomic E-state index is 12.6. The van der Waals surface area contributed by atoms with Crippen molar-refractivity contribution < 1.29 is 27.9 Å². The van der Waals surface area contributed by atoms with Gasteiger partial charge in [-0.25, -0.2) is 0 Å². The molecule has 0 saturated carbocycles. The maximum atomic E-state index is 12.6. The van der Waals surface area contributed by atoms with Gasteiger partial charge in [0, 0.05) is 12.5 Å². The standard InChI is InChI=1S/C14H16F3NO3/c1-9(13(21)18-6-5-12(19)20)7-10-3-2-4-11(8-10)14(15,16)17/h2-4,8-9H,5-7H2,1H3,(H,18,21)(H,19,20). The number of carboxylic acids is 1. The summed E-state index contributed by atoms with van der Waals surface area (Å²) in [5, 5.41) is 10.9. The van der Waals surface area contributed by atoms with Gasteiger partial charge in [-0.2, -0.15) is 13.2 Å². The topological polar surface area (TPSA) is 66.4 Å². The summed E-state index contributed by atoms with van der Waals surface area (Å²) < 4.78 is 37.7. The van der Waals surface area contributed by atoms with Gasteiger partial charge in [-0.1, -0.05) is 25.1 Å². The van der Waals surface area contributed by atoms with Gasteiger partial charge in [-0.3, -0.25) is 9.59 Å². The van der Waals surface area contributed by atoms with Crippen LogP contribution in [0.5, 0.6) is 0 Å². The minimum atomic E-state index is -4.41. The Hall–Kier alpha value is -2.05. The number of aliphatic carboxylic acids is 1. The van der Waals surface area contributed by atoms with E-state index in [1.807, 2.05) is 0 Å². The molecule has 1 atom stereocenters. The van der Waals surface area contributed by atoms with Crippen LogP contribution < -0.4 is 5.32 Å². The number of carboxylic acid groups (broad SMARTS) is 1. The van der Waals surface area contributed by atoms with Gasteiger partial charge in [0.2, 0.25) is 5.91 Å². The molecule has 1 aromatic carbocycles. The number of alkyl halides is 3. The predicted molar refractivity (Wildman–Crippen MR) is 69.6 cm³/mol. The molecule has 0 aromatic heterocycles. The Morgan fingerprint density at radius 2 is 2.00 bits per heavy atom. The molecule has 0 saturated heterocycles. The van der Waals surface area contributed by atoms with Crippen molar-refractivity contribution in [2.75, 3.05) is 6.54 Å². The first kappa shape index (κ1) is 17.0. The fourth-order valence-corrected chi connectivity index (χ4v) is 1.79. The predicted octanol–water partition coefficient (Wildman–Crippen LogP) is 2.47. The molecule has 21 heavy (non-hydrogen) atoms. The summed E-state index contributed by atoms with van der Waals surface area (Å²) in [6.07, 6.45) is -4.45. The highest BCUT2D eigenvalue weighted by Gasteiger charge is 2.30. The lowest BCUT2D eigenvalue weighted by Gasteiger charge is -2.13. The first-order valence-electron chi connectivity index (χ1n) is 6.36. The van der Waals surface area contributed by atoms with Crippen LogP contribution in [0.3, 0.4) is 0 Å². The molecule has 0 fully saturated rings. The Morgan fingerprint density at radius 3 is 2.57 bits per heavy atom. The molecule has 2 N–H and O–H groups in total. The summed E-state index contributed by atoms with van der Waals surface area (Å²) >= 11 is 0. The van der Waals surface area contributed by atoms with Crippen LogP contribution >= 0.6 is 0 Å². The molecule has 0 aliphatic carbocycles. The molecule has 0 bridgehead atoms. The lowest BCUT2D eigenvalue weighted by atomic mass is 9.98. The summed E-state index contributed by atoms with van der Waals surface area (Å²) in [4.78, 5) is 22.0. The van der Waals surface area contributed by atoms with E-state index in [-0.39, 0.29) is 25.3 Å². The molecule has 7 heteroatoms. The number of carbonyl (C=O) groups is 2. The highest BCUT2D eigenvalue weighted by molar-refractivity contribution is 5.79. The van der Waals surface area contributed by atoms with E-state index in [2.05, 4.69) is 5.32 Å². The summed E-state index contributed by atoms with van der Waals surface area (Å²) in [7, 11) is 0. The van der Waals surface area contributed by atoms with Crippen molar-refractivity contribution in [3.8, 4) is 0 Å². The number of rotatable bonds is 6. The van der Waals surface area contributed by atoms with Gasteiger partial charge in [0.1, 0.15) is 0 Å². The number of carbonyl (C=O) groups excluding carboxylic acids is 1. The third-order valence-corrected chi connectivity index (χ3v) is 2.88. The van der Waals surface area contributed by atoms with Crippen LogP contribution in [0.15, 0.2) is 24.3 Å². The number of hydrogen-bond donors (Lipinski definition) is 2. The van der Waals surface area contributed by atoms with Crippen molar-refractivity contribution in [1.29, 1.82) is 0 Å². The zero-order valence-corrected chi connectivity index (χ0v) is 11.4. The minimum Gasteiger partial charge on any atom is -0.481 e. The van der Waals surface area contributed by atoms with Gasteiger partial charge in [-0.15, -0.1) is 0 Å². The number of amides is 1. The molecule has 1 rings (SSSR count). The smallest absolute Gasteiger partial charge is 0.416 e. The van der Waals surface area contributed by atoms with E-state index in [1.165, 1.54) is 12.1 Å². The molecular weight excluding hydrogens is 287 g/mol. The van der Waals surface area contributed by atoms with E-state index in [1.54, 1.807) is 6.92 Å². The average molecular weight is 303 g/mol. The summed E-state index contributed by atoms with van der Waals surface area (Å²) in [5.74, 6) is -1.95. The second-order valence-electron chi connectivity index (χ2n) is 4.74. The van der Waals surface area contributed by atoms with E-state index < -0.39 is 23.6 Å². The monoisotopic (exact) mass is 303 g/mol. The zero-order valence-electron chi connectivity index (χ0n) is 11.4. The highest BCUT2D eigenvalue weighted by Crippen LogP contribution is 2.29. The fraction of sp³-hybridized carbons (Fsp3) is 0.429. The molecule has 1 amide bonds. The van der Waals surface area contributed by atoms with Crippen molar-refractivity contribution in [1.82, 2.24) is 5.32 Å². The van der Waals surface area contributed by atoms with Crippen molar-refractivity contribution in [2.45, 2.75) is 25.9 Å². The zero-order chi connectivity index (χ0) is 16.0. The van der Waals surface area contributed by atoms with Crippen LogP contribution in [0.25, 0.3) is 0 Å². The van der Waals surface area contributed by atoms with Crippen LogP contribution in [-0.2, 0) is 22.2 Å². The normalized spacial score (nSPS) is 12.8. The summed E-state index contributed by atoms with van der Waals surface area (Å²) in [6, 6.07) is 4.81. The second kappa shape index (κ2) is 7.10. The Bertz CT molecular complexity index is 514. The molecule has 0 aliphatic heterocycles. The molecule has 116 valence electrons. The molecule has 0 radical (unpaired) electrons. The number of hydrogen-bond acceptors (Lipinski definition) is 2. The van der Waals surface area contributed by atoms with Crippen molar-refractivity contribution in [3.05, 3.63) is 35.4 Å².